The lowest BCUT2D eigenvalue weighted by Crippen LogP contribution is -2.45. The highest BCUT2D eigenvalue weighted by Gasteiger charge is 2.20. The van der Waals surface area contributed by atoms with Gasteiger partial charge in [0.15, 0.2) is 5.76 Å². The molecule has 1 fully saturated rings. The molecule has 0 atom stereocenters. The Morgan fingerprint density at radius 1 is 0.952 bits per heavy atom. The van der Waals surface area contributed by atoms with Crippen molar-refractivity contribution in [3.63, 3.8) is 0 Å². The Morgan fingerprint density at radius 3 is 2.14 bits per heavy atom. The first kappa shape index (κ1) is 14.3. The summed E-state index contributed by atoms with van der Waals surface area (Å²) in [6.07, 6.45) is 0. The van der Waals surface area contributed by atoms with Gasteiger partial charge in [0.05, 0.1) is 17.9 Å². The van der Waals surface area contributed by atoms with E-state index in [1.807, 2.05) is 26.8 Å². The molecule has 1 aliphatic heterocycles. The minimum atomic E-state index is 0.847. The highest BCUT2D eigenvalue weighted by molar-refractivity contribution is 5.20. The zero-order valence-corrected chi connectivity index (χ0v) is 12.9. The van der Waals surface area contributed by atoms with Crippen LogP contribution in [0.5, 0.6) is 0 Å². The summed E-state index contributed by atoms with van der Waals surface area (Å²) in [6.45, 7) is 11.9. The van der Waals surface area contributed by atoms with Crippen molar-refractivity contribution in [1.29, 1.82) is 0 Å². The van der Waals surface area contributed by atoms with Crippen molar-refractivity contribution in [3.05, 3.63) is 34.5 Å². The molecule has 0 unspecified atom stereocenters. The predicted octanol–water partition coefficient (Wildman–Crippen LogP) is 1.91. The molecule has 3 rings (SSSR count). The molecule has 0 spiro atoms. The van der Waals surface area contributed by atoms with Gasteiger partial charge < -0.3 is 9.05 Å². The molecule has 0 bridgehead atoms. The molecule has 0 radical (unpaired) electrons. The zero-order chi connectivity index (χ0) is 14.8. The van der Waals surface area contributed by atoms with Gasteiger partial charge in [-0.2, -0.15) is 0 Å². The summed E-state index contributed by atoms with van der Waals surface area (Å²) < 4.78 is 10.5. The number of nitrogens with zero attached hydrogens (tertiary/aromatic N) is 4. The Bertz CT molecular complexity index is 577. The third kappa shape index (κ3) is 3.33. The summed E-state index contributed by atoms with van der Waals surface area (Å²) >= 11 is 0. The van der Waals surface area contributed by atoms with Gasteiger partial charge in [0, 0.05) is 44.4 Å². The van der Waals surface area contributed by atoms with Crippen LogP contribution in [-0.2, 0) is 13.1 Å². The van der Waals surface area contributed by atoms with E-state index in [0.717, 1.165) is 62.2 Å². The highest BCUT2D eigenvalue weighted by Crippen LogP contribution is 2.17. The molecule has 3 heterocycles. The summed E-state index contributed by atoms with van der Waals surface area (Å²) in [7, 11) is 0. The fourth-order valence-corrected chi connectivity index (χ4v) is 2.77. The summed E-state index contributed by atoms with van der Waals surface area (Å²) in [4.78, 5) is 4.86. The van der Waals surface area contributed by atoms with Gasteiger partial charge in [0.2, 0.25) is 0 Å². The number of aromatic nitrogens is 2. The molecular weight excluding hydrogens is 268 g/mol. The first-order chi connectivity index (χ1) is 10.1. The normalized spacial score (nSPS) is 17.5. The van der Waals surface area contributed by atoms with Crippen molar-refractivity contribution >= 4 is 0 Å². The zero-order valence-electron chi connectivity index (χ0n) is 12.9. The van der Waals surface area contributed by atoms with Gasteiger partial charge in [-0.15, -0.1) is 0 Å². The van der Waals surface area contributed by atoms with E-state index in [1.54, 1.807) is 0 Å². The van der Waals surface area contributed by atoms with E-state index in [9.17, 15) is 0 Å². The standard InChI is InChI=1S/C15H22N4O2/c1-11-8-14(21-16-11)9-18-4-6-19(7-5-18)10-15-12(2)17-20-13(15)3/h8H,4-7,9-10H2,1-3H3. The molecule has 0 aromatic carbocycles. The van der Waals surface area contributed by atoms with Gasteiger partial charge in [-0.1, -0.05) is 10.3 Å². The van der Waals surface area contributed by atoms with E-state index in [1.165, 1.54) is 5.56 Å². The van der Waals surface area contributed by atoms with Gasteiger partial charge in [-0.3, -0.25) is 9.80 Å². The second-order valence-electron chi connectivity index (χ2n) is 5.79. The molecule has 1 aliphatic rings. The maximum atomic E-state index is 5.28. The van der Waals surface area contributed by atoms with Gasteiger partial charge in [-0.25, -0.2) is 0 Å². The average Bonchev–Trinajstić information content (AvgIpc) is 3.01. The van der Waals surface area contributed by atoms with Crippen LogP contribution >= 0.6 is 0 Å². The lowest BCUT2D eigenvalue weighted by atomic mass is 10.2. The van der Waals surface area contributed by atoms with E-state index < -0.39 is 0 Å². The molecule has 6 heteroatoms. The summed E-state index contributed by atoms with van der Waals surface area (Å²) in [5.74, 6) is 1.89. The van der Waals surface area contributed by atoms with Crippen LogP contribution in [0, 0.1) is 20.8 Å². The minimum absolute atomic E-state index is 0.847. The van der Waals surface area contributed by atoms with E-state index >= 15 is 0 Å². The highest BCUT2D eigenvalue weighted by atomic mass is 16.5. The average molecular weight is 290 g/mol. The van der Waals surface area contributed by atoms with Crippen molar-refractivity contribution in [1.82, 2.24) is 20.1 Å². The summed E-state index contributed by atoms with van der Waals surface area (Å²) in [5, 5.41) is 7.96. The van der Waals surface area contributed by atoms with Crippen molar-refractivity contribution in [3.8, 4) is 0 Å². The van der Waals surface area contributed by atoms with Crippen LogP contribution in [-0.4, -0.2) is 46.3 Å². The summed E-state index contributed by atoms with van der Waals surface area (Å²) in [5.41, 5.74) is 3.18. The summed E-state index contributed by atoms with van der Waals surface area (Å²) in [6, 6.07) is 2.01. The van der Waals surface area contributed by atoms with Gasteiger partial charge in [0.1, 0.15) is 5.76 Å². The van der Waals surface area contributed by atoms with E-state index in [4.69, 9.17) is 9.05 Å². The molecule has 2 aromatic rings. The van der Waals surface area contributed by atoms with E-state index in [0.29, 0.717) is 0 Å². The van der Waals surface area contributed by atoms with Crippen molar-refractivity contribution in [2.45, 2.75) is 33.9 Å². The number of hydrogen-bond acceptors (Lipinski definition) is 6. The maximum Gasteiger partial charge on any atom is 0.150 e. The van der Waals surface area contributed by atoms with Crippen LogP contribution in [0.1, 0.15) is 28.5 Å². The molecule has 2 aromatic heterocycles. The largest absolute Gasteiger partial charge is 0.361 e. The SMILES string of the molecule is Cc1cc(CN2CCN(Cc3c(C)noc3C)CC2)on1. The lowest BCUT2D eigenvalue weighted by Gasteiger charge is -2.34. The molecule has 0 amide bonds. The second kappa shape index (κ2) is 5.99. The van der Waals surface area contributed by atoms with Gasteiger partial charge >= 0.3 is 0 Å². The Balaban J connectivity index is 1.51. The predicted molar refractivity (Wildman–Crippen MR) is 77.8 cm³/mol. The van der Waals surface area contributed by atoms with E-state index in [2.05, 4.69) is 20.1 Å². The Kier molecular flexibility index (Phi) is 4.07. The quantitative estimate of drug-likeness (QED) is 0.857. The maximum absolute atomic E-state index is 5.28. The first-order valence-corrected chi connectivity index (χ1v) is 7.40. The van der Waals surface area contributed by atoms with Crippen molar-refractivity contribution in [2.24, 2.45) is 0 Å². The number of rotatable bonds is 4. The molecule has 0 N–H and O–H groups in total. The molecule has 114 valence electrons. The van der Waals surface area contributed by atoms with Crippen LogP contribution in [0.3, 0.4) is 0 Å². The Hall–Kier alpha value is -1.66. The molecular formula is C15H22N4O2. The van der Waals surface area contributed by atoms with Gasteiger partial charge in [0.25, 0.3) is 0 Å². The third-order valence-corrected chi connectivity index (χ3v) is 4.08. The topological polar surface area (TPSA) is 58.5 Å². The van der Waals surface area contributed by atoms with Crippen molar-refractivity contribution < 1.29 is 9.05 Å². The van der Waals surface area contributed by atoms with Crippen molar-refractivity contribution in [2.75, 3.05) is 26.2 Å². The van der Waals surface area contributed by atoms with Crippen LogP contribution in [0.2, 0.25) is 0 Å². The fraction of sp³-hybridized carbons (Fsp3) is 0.600. The smallest absolute Gasteiger partial charge is 0.150 e. The minimum Gasteiger partial charge on any atom is -0.361 e. The first-order valence-electron chi connectivity index (χ1n) is 7.40. The monoisotopic (exact) mass is 290 g/mol. The number of piperazine rings is 1. The van der Waals surface area contributed by atoms with Crippen LogP contribution in [0.15, 0.2) is 15.1 Å². The fourth-order valence-electron chi connectivity index (χ4n) is 2.77. The third-order valence-electron chi connectivity index (χ3n) is 4.08. The lowest BCUT2D eigenvalue weighted by molar-refractivity contribution is 0.113. The molecule has 21 heavy (non-hydrogen) atoms. The van der Waals surface area contributed by atoms with Crippen LogP contribution in [0.4, 0.5) is 0 Å². The number of aryl methyl sites for hydroxylation is 3. The van der Waals surface area contributed by atoms with Crippen LogP contribution < -0.4 is 0 Å². The molecule has 6 nitrogen and oxygen atoms in total. The number of hydrogen-bond donors (Lipinski definition) is 0. The molecule has 0 saturated carbocycles. The van der Waals surface area contributed by atoms with E-state index in [-0.39, 0.29) is 0 Å². The van der Waals surface area contributed by atoms with Crippen LogP contribution in [0.25, 0.3) is 0 Å². The molecule has 1 saturated heterocycles. The Morgan fingerprint density at radius 2 is 1.62 bits per heavy atom. The Labute approximate surface area is 124 Å². The second-order valence-corrected chi connectivity index (χ2v) is 5.79. The molecule has 0 aliphatic carbocycles. The van der Waals surface area contributed by atoms with Gasteiger partial charge in [-0.05, 0) is 20.8 Å².